The molecule has 0 saturated carbocycles. The summed E-state index contributed by atoms with van der Waals surface area (Å²) in [5, 5.41) is 0. The van der Waals surface area contributed by atoms with Crippen LogP contribution < -0.4 is 11.2 Å². The van der Waals surface area contributed by atoms with Gasteiger partial charge in [-0.05, 0) is 19.4 Å². The first kappa shape index (κ1) is 17.9. The van der Waals surface area contributed by atoms with Gasteiger partial charge in [0.2, 0.25) is 0 Å². The van der Waals surface area contributed by atoms with Gasteiger partial charge in [0.05, 0.1) is 12.2 Å². The smallest absolute Gasteiger partial charge is 0.330 e. The highest BCUT2D eigenvalue weighted by Crippen LogP contribution is 2.05. The van der Waals surface area contributed by atoms with E-state index in [2.05, 4.69) is 16.9 Å². The third-order valence-electron chi connectivity index (χ3n) is 3.31. The minimum atomic E-state index is -0.565. The van der Waals surface area contributed by atoms with Crippen molar-refractivity contribution in [2.24, 2.45) is 0 Å². The highest BCUT2D eigenvalue weighted by atomic mass is 16.5. The molecule has 0 radical (unpaired) electrons. The molecule has 0 spiro atoms. The van der Waals surface area contributed by atoms with Gasteiger partial charge in [0.1, 0.15) is 0 Å². The van der Waals surface area contributed by atoms with E-state index in [1.165, 1.54) is 31.4 Å². The first-order valence-corrected chi connectivity index (χ1v) is 7.72. The van der Waals surface area contributed by atoms with E-state index in [1.807, 2.05) is 0 Å². The fraction of sp³-hybridized carbons (Fsp3) is 0.562. The van der Waals surface area contributed by atoms with Gasteiger partial charge in [0, 0.05) is 11.8 Å². The van der Waals surface area contributed by atoms with Crippen LogP contribution in [-0.4, -0.2) is 22.5 Å². The first-order chi connectivity index (χ1) is 10.5. The highest BCUT2D eigenvalue weighted by Gasteiger charge is 2.03. The lowest BCUT2D eigenvalue weighted by molar-refractivity contribution is -0.137. The molecule has 0 amide bonds. The lowest BCUT2D eigenvalue weighted by atomic mass is 10.1. The molecule has 1 aromatic heterocycles. The largest absolute Gasteiger partial charge is 0.463 e. The van der Waals surface area contributed by atoms with Crippen LogP contribution in [-0.2, 0) is 9.53 Å². The van der Waals surface area contributed by atoms with Crippen LogP contribution in [0.1, 0.15) is 56.7 Å². The van der Waals surface area contributed by atoms with Crippen molar-refractivity contribution in [1.82, 2.24) is 9.97 Å². The van der Waals surface area contributed by atoms with Crippen LogP contribution in [0.25, 0.3) is 6.08 Å². The molecule has 0 aromatic carbocycles. The topological polar surface area (TPSA) is 92.0 Å². The molecule has 6 heteroatoms. The number of H-pyrrole nitrogens is 2. The lowest BCUT2D eigenvalue weighted by Crippen LogP contribution is -2.25. The van der Waals surface area contributed by atoms with Crippen molar-refractivity contribution in [3.8, 4) is 0 Å². The molecule has 2 N–H and O–H groups in total. The van der Waals surface area contributed by atoms with E-state index in [-0.39, 0.29) is 5.56 Å². The van der Waals surface area contributed by atoms with Crippen LogP contribution >= 0.6 is 0 Å². The van der Waals surface area contributed by atoms with E-state index in [9.17, 15) is 14.4 Å². The maximum Gasteiger partial charge on any atom is 0.330 e. The molecule has 0 saturated heterocycles. The molecule has 1 aromatic rings. The van der Waals surface area contributed by atoms with E-state index in [0.29, 0.717) is 12.3 Å². The molecule has 22 heavy (non-hydrogen) atoms. The van der Waals surface area contributed by atoms with Crippen LogP contribution in [0.4, 0.5) is 0 Å². The van der Waals surface area contributed by atoms with Crippen LogP contribution in [0.2, 0.25) is 0 Å². The molecule has 0 atom stereocenters. The molecule has 1 heterocycles. The van der Waals surface area contributed by atoms with Crippen molar-refractivity contribution in [3.05, 3.63) is 38.2 Å². The Kier molecular flexibility index (Phi) is 7.96. The van der Waals surface area contributed by atoms with Gasteiger partial charge in [0.15, 0.2) is 0 Å². The average Bonchev–Trinajstić information content (AvgIpc) is 2.45. The number of ether oxygens (including phenoxy) is 1. The number of esters is 1. The molecule has 0 aliphatic rings. The van der Waals surface area contributed by atoms with Crippen LogP contribution in [0.3, 0.4) is 0 Å². The van der Waals surface area contributed by atoms with Gasteiger partial charge in [-0.3, -0.25) is 9.78 Å². The molecule has 0 aliphatic heterocycles. The Labute approximate surface area is 129 Å². The summed E-state index contributed by atoms with van der Waals surface area (Å²) >= 11 is 0. The molecule has 1 rings (SSSR count). The van der Waals surface area contributed by atoms with Gasteiger partial charge in [-0.2, -0.15) is 0 Å². The molecule has 0 bridgehead atoms. The zero-order chi connectivity index (χ0) is 16.4. The second kappa shape index (κ2) is 9.76. The highest BCUT2D eigenvalue weighted by molar-refractivity contribution is 5.87. The van der Waals surface area contributed by atoms with E-state index in [4.69, 9.17) is 4.74 Å². The number of aromatic amines is 2. The zero-order valence-corrected chi connectivity index (χ0v) is 13.2. The van der Waals surface area contributed by atoms with Crippen molar-refractivity contribution in [2.45, 2.75) is 52.4 Å². The standard InChI is InChI=1S/C16H24N2O4/c1-3-4-5-6-7-8-11-22-14(19)10-9-13-12(2)17-16(21)18-15(13)20/h9-10H,3-8,11H2,1-2H3,(H2,17,18,20,21)/b10-9+. The van der Waals surface area contributed by atoms with Gasteiger partial charge < -0.3 is 9.72 Å². The predicted molar refractivity (Wildman–Crippen MR) is 85.8 cm³/mol. The molecular weight excluding hydrogens is 284 g/mol. The van der Waals surface area contributed by atoms with Crippen LogP contribution in [0, 0.1) is 6.92 Å². The van der Waals surface area contributed by atoms with Gasteiger partial charge in [-0.15, -0.1) is 0 Å². The summed E-state index contributed by atoms with van der Waals surface area (Å²) in [7, 11) is 0. The van der Waals surface area contributed by atoms with Crippen molar-refractivity contribution in [2.75, 3.05) is 6.61 Å². The molecular formula is C16H24N2O4. The van der Waals surface area contributed by atoms with Crippen molar-refractivity contribution in [3.63, 3.8) is 0 Å². The number of carbonyl (C=O) groups excluding carboxylic acids is 1. The number of nitrogens with one attached hydrogen (secondary N) is 2. The number of hydrogen-bond acceptors (Lipinski definition) is 4. The second-order valence-corrected chi connectivity index (χ2v) is 5.22. The van der Waals surface area contributed by atoms with Crippen LogP contribution in [0.5, 0.6) is 0 Å². The minimum absolute atomic E-state index is 0.246. The fourth-order valence-electron chi connectivity index (χ4n) is 2.06. The summed E-state index contributed by atoms with van der Waals surface area (Å²) in [5.74, 6) is -0.487. The summed E-state index contributed by atoms with van der Waals surface area (Å²) in [5.41, 5.74) is -0.434. The third kappa shape index (κ3) is 6.56. The van der Waals surface area contributed by atoms with E-state index in [0.717, 1.165) is 19.3 Å². The Bertz CT molecular complexity index is 613. The lowest BCUT2D eigenvalue weighted by Gasteiger charge is -2.02. The zero-order valence-electron chi connectivity index (χ0n) is 13.2. The monoisotopic (exact) mass is 308 g/mol. The van der Waals surface area contributed by atoms with Gasteiger partial charge in [-0.25, -0.2) is 9.59 Å². The normalized spacial score (nSPS) is 11.0. The van der Waals surface area contributed by atoms with Crippen molar-refractivity contribution >= 4 is 12.0 Å². The Morgan fingerprint density at radius 3 is 2.45 bits per heavy atom. The predicted octanol–water partition coefficient (Wildman–Crippen LogP) is 2.29. The Morgan fingerprint density at radius 1 is 1.09 bits per heavy atom. The fourth-order valence-corrected chi connectivity index (χ4v) is 2.06. The summed E-state index contributed by atoms with van der Waals surface area (Å²) in [6, 6.07) is 0. The Hall–Kier alpha value is -2.11. The maximum absolute atomic E-state index is 11.6. The molecule has 0 unspecified atom stereocenters. The number of hydrogen-bond donors (Lipinski definition) is 2. The van der Waals surface area contributed by atoms with Gasteiger partial charge in [-0.1, -0.05) is 39.0 Å². The number of unbranched alkanes of at least 4 members (excludes halogenated alkanes) is 5. The summed E-state index contributed by atoms with van der Waals surface area (Å²) in [4.78, 5) is 38.7. The van der Waals surface area contributed by atoms with E-state index in [1.54, 1.807) is 6.92 Å². The summed E-state index contributed by atoms with van der Waals surface area (Å²) in [6.45, 7) is 4.15. The van der Waals surface area contributed by atoms with Crippen molar-refractivity contribution in [1.29, 1.82) is 0 Å². The van der Waals surface area contributed by atoms with Gasteiger partial charge >= 0.3 is 11.7 Å². The molecule has 0 fully saturated rings. The SMILES string of the molecule is CCCCCCCCOC(=O)/C=C/c1c(C)[nH]c(=O)[nH]c1=O. The molecule has 6 nitrogen and oxygen atoms in total. The number of aromatic nitrogens is 2. The second-order valence-electron chi connectivity index (χ2n) is 5.22. The number of rotatable bonds is 9. The van der Waals surface area contributed by atoms with Crippen LogP contribution in [0.15, 0.2) is 15.7 Å². The van der Waals surface area contributed by atoms with E-state index >= 15 is 0 Å². The van der Waals surface area contributed by atoms with Gasteiger partial charge in [0.25, 0.3) is 5.56 Å². The molecule has 122 valence electrons. The molecule has 0 aliphatic carbocycles. The number of carbonyl (C=O) groups is 1. The van der Waals surface area contributed by atoms with E-state index < -0.39 is 17.2 Å². The summed E-state index contributed by atoms with van der Waals surface area (Å²) in [6.07, 6.45) is 9.29. The quantitative estimate of drug-likeness (QED) is 0.416. The Balaban J connectivity index is 2.36. The maximum atomic E-state index is 11.6. The number of aryl methyl sites for hydroxylation is 1. The average molecular weight is 308 g/mol. The minimum Gasteiger partial charge on any atom is -0.463 e. The first-order valence-electron chi connectivity index (χ1n) is 7.72. The Morgan fingerprint density at radius 2 is 1.77 bits per heavy atom. The third-order valence-corrected chi connectivity index (χ3v) is 3.31. The summed E-state index contributed by atoms with van der Waals surface area (Å²) < 4.78 is 5.06. The van der Waals surface area contributed by atoms with Crippen molar-refractivity contribution < 1.29 is 9.53 Å².